The second-order valence-corrected chi connectivity index (χ2v) is 7.13. The number of hydrogen-bond acceptors (Lipinski definition) is 4. The number of nitrogens with zero attached hydrogens (tertiary/aromatic N) is 1. The Labute approximate surface area is 165 Å². The molecule has 1 heterocycles. The quantitative estimate of drug-likeness (QED) is 0.733. The molecule has 5 nitrogen and oxygen atoms in total. The lowest BCUT2D eigenvalue weighted by Crippen LogP contribution is -2.38. The number of amides is 1. The second kappa shape index (κ2) is 10.3. The number of carbonyl (C=O) groups is 1. The molecule has 0 radical (unpaired) electrons. The summed E-state index contributed by atoms with van der Waals surface area (Å²) in [5.74, 6) is -0.183. The molecule has 2 aromatic rings. The normalized spacial score (nSPS) is 14.8. The summed E-state index contributed by atoms with van der Waals surface area (Å²) in [6.07, 6.45) is 0.478. The van der Waals surface area contributed by atoms with Crippen LogP contribution in [0.4, 0.5) is 10.1 Å². The zero-order valence-corrected chi connectivity index (χ0v) is 16.3. The molecule has 3 rings (SSSR count). The standard InChI is InChI=1S/C22H28FN3O2/c1-17-13-20(23)6-5-19(17)16-24-15-18-3-2-4-21(14-18)25-22(27)7-8-26-9-11-28-12-10-26/h2-6,13-14,24H,7-12,15-16H2,1H3,(H,25,27). The lowest BCUT2D eigenvalue weighted by atomic mass is 10.1. The van der Waals surface area contributed by atoms with Gasteiger partial charge in [0, 0.05) is 44.8 Å². The third kappa shape index (κ3) is 6.41. The van der Waals surface area contributed by atoms with Crippen molar-refractivity contribution in [2.24, 2.45) is 0 Å². The summed E-state index contributed by atoms with van der Waals surface area (Å²) in [6.45, 7) is 7.28. The molecule has 28 heavy (non-hydrogen) atoms. The number of morpholine rings is 1. The third-order valence-electron chi connectivity index (χ3n) is 4.92. The topological polar surface area (TPSA) is 53.6 Å². The maximum absolute atomic E-state index is 13.2. The average Bonchev–Trinajstić information content (AvgIpc) is 2.69. The predicted molar refractivity (Wildman–Crippen MR) is 109 cm³/mol. The van der Waals surface area contributed by atoms with E-state index in [1.165, 1.54) is 6.07 Å². The van der Waals surface area contributed by atoms with Crippen LogP contribution in [0.25, 0.3) is 0 Å². The van der Waals surface area contributed by atoms with Crippen molar-refractivity contribution in [1.82, 2.24) is 10.2 Å². The number of nitrogens with one attached hydrogen (secondary N) is 2. The van der Waals surface area contributed by atoms with Gasteiger partial charge in [-0.1, -0.05) is 18.2 Å². The van der Waals surface area contributed by atoms with Crippen LogP contribution in [0.3, 0.4) is 0 Å². The molecule has 0 saturated carbocycles. The summed E-state index contributed by atoms with van der Waals surface area (Å²) < 4.78 is 18.5. The molecular formula is C22H28FN3O2. The molecule has 2 aromatic carbocycles. The van der Waals surface area contributed by atoms with E-state index in [1.807, 2.05) is 37.3 Å². The van der Waals surface area contributed by atoms with Crippen molar-refractivity contribution in [2.45, 2.75) is 26.4 Å². The van der Waals surface area contributed by atoms with Crippen molar-refractivity contribution in [2.75, 3.05) is 38.2 Å². The Hall–Kier alpha value is -2.28. The first-order chi connectivity index (χ1) is 13.6. The van der Waals surface area contributed by atoms with Crippen LogP contribution in [0, 0.1) is 12.7 Å². The molecule has 1 fully saturated rings. The SMILES string of the molecule is Cc1cc(F)ccc1CNCc1cccc(NC(=O)CCN2CCOCC2)c1. The summed E-state index contributed by atoms with van der Waals surface area (Å²) >= 11 is 0. The zero-order chi connectivity index (χ0) is 19.8. The Morgan fingerprint density at radius 2 is 1.96 bits per heavy atom. The molecule has 0 atom stereocenters. The van der Waals surface area contributed by atoms with Crippen LogP contribution in [0.15, 0.2) is 42.5 Å². The van der Waals surface area contributed by atoms with Gasteiger partial charge in [0.1, 0.15) is 5.82 Å². The van der Waals surface area contributed by atoms with Gasteiger partial charge in [0.2, 0.25) is 5.91 Å². The number of anilines is 1. The number of rotatable bonds is 8. The highest BCUT2D eigenvalue weighted by Gasteiger charge is 2.12. The number of ether oxygens (including phenoxy) is 1. The Morgan fingerprint density at radius 1 is 1.14 bits per heavy atom. The van der Waals surface area contributed by atoms with Gasteiger partial charge in [-0.2, -0.15) is 0 Å². The van der Waals surface area contributed by atoms with E-state index in [4.69, 9.17) is 4.74 Å². The summed E-state index contributed by atoms with van der Waals surface area (Å²) in [5, 5.41) is 6.35. The van der Waals surface area contributed by atoms with Crippen molar-refractivity contribution in [3.63, 3.8) is 0 Å². The van der Waals surface area contributed by atoms with Crippen LogP contribution >= 0.6 is 0 Å². The summed E-state index contributed by atoms with van der Waals surface area (Å²) in [7, 11) is 0. The van der Waals surface area contributed by atoms with Crippen molar-refractivity contribution in [3.05, 3.63) is 65.0 Å². The summed E-state index contributed by atoms with van der Waals surface area (Å²) in [6, 6.07) is 12.7. The maximum Gasteiger partial charge on any atom is 0.225 e. The first kappa shape index (κ1) is 20.5. The monoisotopic (exact) mass is 385 g/mol. The molecule has 6 heteroatoms. The Balaban J connectivity index is 1.44. The van der Waals surface area contributed by atoms with E-state index in [0.29, 0.717) is 19.5 Å². The minimum absolute atomic E-state index is 0.0264. The molecule has 0 spiro atoms. The van der Waals surface area contributed by atoms with E-state index in [0.717, 1.165) is 55.2 Å². The molecule has 1 aliphatic heterocycles. The molecule has 1 saturated heterocycles. The number of carbonyl (C=O) groups excluding carboxylic acids is 1. The summed E-state index contributed by atoms with van der Waals surface area (Å²) in [5.41, 5.74) is 3.91. The van der Waals surface area contributed by atoms with E-state index < -0.39 is 0 Å². The van der Waals surface area contributed by atoms with Crippen LogP contribution < -0.4 is 10.6 Å². The minimum atomic E-state index is -0.210. The van der Waals surface area contributed by atoms with E-state index in [2.05, 4.69) is 15.5 Å². The van der Waals surface area contributed by atoms with Crippen LogP contribution in [-0.4, -0.2) is 43.7 Å². The van der Waals surface area contributed by atoms with Gasteiger partial charge in [0.25, 0.3) is 0 Å². The molecule has 0 aromatic heterocycles. The number of hydrogen-bond donors (Lipinski definition) is 2. The van der Waals surface area contributed by atoms with Gasteiger partial charge in [-0.25, -0.2) is 4.39 Å². The van der Waals surface area contributed by atoms with Gasteiger partial charge in [0.05, 0.1) is 13.2 Å². The maximum atomic E-state index is 13.2. The van der Waals surface area contributed by atoms with Crippen LogP contribution in [-0.2, 0) is 22.6 Å². The van der Waals surface area contributed by atoms with Crippen LogP contribution in [0.5, 0.6) is 0 Å². The predicted octanol–water partition coefficient (Wildman–Crippen LogP) is 3.08. The largest absolute Gasteiger partial charge is 0.379 e. The molecule has 1 aliphatic rings. The zero-order valence-electron chi connectivity index (χ0n) is 16.3. The molecule has 0 aliphatic carbocycles. The van der Waals surface area contributed by atoms with E-state index in [-0.39, 0.29) is 11.7 Å². The molecule has 1 amide bonds. The lowest BCUT2D eigenvalue weighted by molar-refractivity contribution is -0.116. The van der Waals surface area contributed by atoms with Gasteiger partial charge in [0.15, 0.2) is 0 Å². The third-order valence-corrected chi connectivity index (χ3v) is 4.92. The molecule has 2 N–H and O–H groups in total. The fourth-order valence-corrected chi connectivity index (χ4v) is 3.27. The van der Waals surface area contributed by atoms with E-state index in [9.17, 15) is 9.18 Å². The first-order valence-corrected chi connectivity index (χ1v) is 9.75. The van der Waals surface area contributed by atoms with Gasteiger partial charge >= 0.3 is 0 Å². The van der Waals surface area contributed by atoms with Crippen molar-refractivity contribution >= 4 is 11.6 Å². The van der Waals surface area contributed by atoms with Gasteiger partial charge in [-0.15, -0.1) is 0 Å². The lowest BCUT2D eigenvalue weighted by Gasteiger charge is -2.26. The average molecular weight is 385 g/mol. The van der Waals surface area contributed by atoms with Crippen molar-refractivity contribution in [3.8, 4) is 0 Å². The van der Waals surface area contributed by atoms with Gasteiger partial charge in [-0.05, 0) is 47.9 Å². The minimum Gasteiger partial charge on any atom is -0.379 e. The van der Waals surface area contributed by atoms with E-state index in [1.54, 1.807) is 6.07 Å². The van der Waals surface area contributed by atoms with Crippen LogP contribution in [0.2, 0.25) is 0 Å². The smallest absolute Gasteiger partial charge is 0.225 e. The highest BCUT2D eigenvalue weighted by atomic mass is 19.1. The summed E-state index contributed by atoms with van der Waals surface area (Å²) in [4.78, 5) is 14.5. The van der Waals surface area contributed by atoms with Crippen molar-refractivity contribution < 1.29 is 13.9 Å². The molecule has 150 valence electrons. The van der Waals surface area contributed by atoms with Gasteiger partial charge < -0.3 is 15.4 Å². The Morgan fingerprint density at radius 3 is 2.75 bits per heavy atom. The number of aryl methyl sites for hydroxylation is 1. The van der Waals surface area contributed by atoms with Crippen molar-refractivity contribution in [1.29, 1.82) is 0 Å². The second-order valence-electron chi connectivity index (χ2n) is 7.13. The Kier molecular flexibility index (Phi) is 7.54. The fourth-order valence-electron chi connectivity index (χ4n) is 3.27. The molecule has 0 bridgehead atoms. The fraction of sp³-hybridized carbons (Fsp3) is 0.409. The first-order valence-electron chi connectivity index (χ1n) is 9.75. The van der Waals surface area contributed by atoms with E-state index >= 15 is 0 Å². The molecular weight excluding hydrogens is 357 g/mol. The number of halogens is 1. The number of benzene rings is 2. The van der Waals surface area contributed by atoms with Gasteiger partial charge in [-0.3, -0.25) is 9.69 Å². The highest BCUT2D eigenvalue weighted by Crippen LogP contribution is 2.13. The molecule has 0 unspecified atom stereocenters. The highest BCUT2D eigenvalue weighted by molar-refractivity contribution is 5.90. The Bertz CT molecular complexity index is 791. The van der Waals surface area contributed by atoms with Crippen LogP contribution in [0.1, 0.15) is 23.1 Å².